The first-order valence-electron chi connectivity index (χ1n) is 4.61. The molecule has 96 valence electrons. The second kappa shape index (κ2) is 5.07. The van der Waals surface area contributed by atoms with Crippen LogP contribution in [0.25, 0.3) is 0 Å². The predicted octanol–water partition coefficient (Wildman–Crippen LogP) is 0.583. The third-order valence-electron chi connectivity index (χ3n) is 1.84. The molecule has 1 aliphatic rings. The molecule has 0 saturated carbocycles. The van der Waals surface area contributed by atoms with Crippen molar-refractivity contribution in [2.75, 3.05) is 14.1 Å². The van der Waals surface area contributed by atoms with E-state index in [4.69, 9.17) is 16.7 Å². The lowest BCUT2D eigenvalue weighted by molar-refractivity contribution is 0.556. The van der Waals surface area contributed by atoms with Crippen molar-refractivity contribution in [2.24, 2.45) is 5.14 Å². The average Bonchev–Trinajstić information content (AvgIpc) is 2.10. The zero-order chi connectivity index (χ0) is 13.2. The summed E-state index contributed by atoms with van der Waals surface area (Å²) in [4.78, 5) is 1.72. The van der Waals surface area contributed by atoms with E-state index in [0.29, 0.717) is 5.57 Å². The first kappa shape index (κ1) is 14.0. The van der Waals surface area contributed by atoms with E-state index in [-0.39, 0.29) is 5.70 Å². The lowest BCUT2D eigenvalue weighted by Gasteiger charge is -2.18. The van der Waals surface area contributed by atoms with Gasteiger partial charge in [0.15, 0.2) is 0 Å². The number of halogens is 2. The molecule has 5 nitrogen and oxygen atoms in total. The normalized spacial score (nSPS) is 23.1. The Morgan fingerprint density at radius 1 is 1.59 bits per heavy atom. The molecule has 0 aromatic carbocycles. The molecule has 0 aromatic heterocycles. The molecule has 1 atom stereocenters. The van der Waals surface area contributed by atoms with Crippen LogP contribution < -0.4 is 9.86 Å². The van der Waals surface area contributed by atoms with E-state index in [1.54, 1.807) is 25.2 Å². The van der Waals surface area contributed by atoms with Gasteiger partial charge < -0.3 is 4.90 Å². The van der Waals surface area contributed by atoms with Crippen molar-refractivity contribution in [3.63, 3.8) is 0 Å². The summed E-state index contributed by atoms with van der Waals surface area (Å²) in [7, 11) is -0.470. The van der Waals surface area contributed by atoms with Gasteiger partial charge in [0.2, 0.25) is 0 Å². The van der Waals surface area contributed by atoms with Gasteiger partial charge in [0.05, 0.1) is 11.1 Å². The minimum atomic E-state index is -4.01. The Balaban J connectivity index is 3.08. The highest BCUT2D eigenvalue weighted by Crippen LogP contribution is 2.26. The minimum Gasteiger partial charge on any atom is -0.383 e. The lowest BCUT2D eigenvalue weighted by Crippen LogP contribution is -2.31. The van der Waals surface area contributed by atoms with Gasteiger partial charge >= 0.3 is 0 Å². The van der Waals surface area contributed by atoms with Crippen LogP contribution in [0.1, 0.15) is 0 Å². The highest BCUT2D eigenvalue weighted by Gasteiger charge is 2.20. The third-order valence-corrected chi connectivity index (χ3v) is 2.72. The van der Waals surface area contributed by atoms with Gasteiger partial charge in [-0.25, -0.2) is 9.53 Å². The van der Waals surface area contributed by atoms with Gasteiger partial charge in [-0.2, -0.15) is 8.42 Å². The summed E-state index contributed by atoms with van der Waals surface area (Å²) in [6.45, 7) is 0. The Hall–Kier alpha value is -1.05. The minimum absolute atomic E-state index is 0.225. The summed E-state index contributed by atoms with van der Waals surface area (Å²) < 4.78 is 37.0. The molecule has 0 spiro atoms. The van der Waals surface area contributed by atoms with Crippen LogP contribution in [0.15, 0.2) is 35.4 Å². The van der Waals surface area contributed by atoms with Crippen molar-refractivity contribution in [2.45, 2.75) is 5.38 Å². The van der Waals surface area contributed by atoms with Crippen LogP contribution in [0.5, 0.6) is 0 Å². The number of hydrogen-bond acceptors (Lipinski definition) is 3. The largest absolute Gasteiger partial charge is 0.383 e. The molecule has 0 bridgehead atoms. The second-order valence-electron chi connectivity index (χ2n) is 3.71. The van der Waals surface area contributed by atoms with E-state index in [1.807, 2.05) is 4.72 Å². The molecule has 3 N–H and O–H groups in total. The fourth-order valence-corrected chi connectivity index (χ4v) is 1.96. The summed E-state index contributed by atoms with van der Waals surface area (Å²) in [6, 6.07) is 0. The van der Waals surface area contributed by atoms with E-state index >= 15 is 0 Å². The van der Waals surface area contributed by atoms with Gasteiger partial charge in [-0.3, -0.25) is 4.72 Å². The number of nitrogens with zero attached hydrogens (tertiary/aromatic N) is 1. The number of rotatable bonds is 3. The van der Waals surface area contributed by atoms with Crippen LogP contribution in [0.4, 0.5) is 4.39 Å². The fourth-order valence-electron chi connectivity index (χ4n) is 1.27. The van der Waals surface area contributed by atoms with E-state index < -0.39 is 21.4 Å². The number of nitrogens with two attached hydrogens (primary N) is 1. The number of alkyl halides is 1. The topological polar surface area (TPSA) is 75.4 Å². The van der Waals surface area contributed by atoms with E-state index in [0.717, 1.165) is 6.08 Å². The maximum absolute atomic E-state index is 13.4. The van der Waals surface area contributed by atoms with Gasteiger partial charge in [0.25, 0.3) is 10.2 Å². The fraction of sp³-hybridized carbons (Fsp3) is 0.333. The van der Waals surface area contributed by atoms with Gasteiger partial charge in [-0.1, -0.05) is 0 Å². The molecule has 1 unspecified atom stereocenters. The quantitative estimate of drug-likeness (QED) is 0.743. The number of allylic oxidation sites excluding steroid dienone is 4. The smallest absolute Gasteiger partial charge is 0.296 e. The maximum atomic E-state index is 13.4. The molecule has 8 heteroatoms. The Bertz CT molecular complexity index is 496. The van der Waals surface area contributed by atoms with Gasteiger partial charge in [-0.15, -0.1) is 11.6 Å². The Morgan fingerprint density at radius 3 is 2.65 bits per heavy atom. The molecule has 17 heavy (non-hydrogen) atoms. The summed E-state index contributed by atoms with van der Waals surface area (Å²) in [6.07, 6.45) is 4.06. The van der Waals surface area contributed by atoms with Gasteiger partial charge in [0.1, 0.15) is 5.83 Å². The molecule has 0 aliphatic heterocycles. The summed E-state index contributed by atoms with van der Waals surface area (Å²) in [5, 5.41) is 4.12. The van der Waals surface area contributed by atoms with Crippen molar-refractivity contribution in [3.05, 3.63) is 35.4 Å². The molecular formula is C9H13ClFN3O2S. The molecule has 0 saturated heterocycles. The molecule has 1 rings (SSSR count). The Labute approximate surface area is 105 Å². The van der Waals surface area contributed by atoms with Crippen LogP contribution in [0.3, 0.4) is 0 Å². The first-order chi connectivity index (χ1) is 7.69. The van der Waals surface area contributed by atoms with Crippen molar-refractivity contribution >= 4 is 21.8 Å². The van der Waals surface area contributed by atoms with Crippen LogP contribution in [0, 0.1) is 0 Å². The van der Waals surface area contributed by atoms with E-state index in [9.17, 15) is 12.8 Å². The molecule has 0 heterocycles. The summed E-state index contributed by atoms with van der Waals surface area (Å²) >= 11 is 5.89. The van der Waals surface area contributed by atoms with Crippen molar-refractivity contribution in [1.29, 1.82) is 0 Å². The summed E-state index contributed by atoms with van der Waals surface area (Å²) in [5.74, 6) is -0.755. The molecule has 0 aromatic rings. The average molecular weight is 282 g/mol. The van der Waals surface area contributed by atoms with E-state index in [2.05, 4.69) is 0 Å². The Kier molecular flexibility index (Phi) is 4.18. The highest BCUT2D eigenvalue weighted by atomic mass is 35.5. The van der Waals surface area contributed by atoms with E-state index in [1.165, 1.54) is 6.08 Å². The SMILES string of the molecule is CN(C)C=C1C=C(NS(N)(=O)=O)C(F)=CC1Cl. The lowest BCUT2D eigenvalue weighted by atomic mass is 10.1. The van der Waals surface area contributed by atoms with Gasteiger partial charge in [-0.05, 0) is 17.7 Å². The zero-order valence-electron chi connectivity index (χ0n) is 9.31. The number of nitrogens with one attached hydrogen (secondary N) is 1. The third kappa shape index (κ3) is 4.37. The number of hydrogen-bond donors (Lipinski definition) is 2. The summed E-state index contributed by atoms with van der Waals surface area (Å²) in [5.41, 5.74) is 0.335. The first-order valence-corrected chi connectivity index (χ1v) is 6.59. The predicted molar refractivity (Wildman–Crippen MR) is 64.9 cm³/mol. The Morgan fingerprint density at radius 2 is 2.18 bits per heavy atom. The van der Waals surface area contributed by atoms with Crippen molar-refractivity contribution < 1.29 is 12.8 Å². The van der Waals surface area contributed by atoms with Gasteiger partial charge in [0, 0.05) is 20.3 Å². The maximum Gasteiger partial charge on any atom is 0.296 e. The standard InChI is InChI=1S/C9H13ClFN3O2S/c1-14(2)5-6-3-9(13-17(12,15)16)8(11)4-7(6)10/h3-5,7,13H,1-2H3,(H2,12,15,16). The highest BCUT2D eigenvalue weighted by molar-refractivity contribution is 7.87. The van der Waals surface area contributed by atoms with Crippen LogP contribution in [-0.2, 0) is 10.2 Å². The molecule has 1 aliphatic carbocycles. The van der Waals surface area contributed by atoms with Crippen molar-refractivity contribution in [1.82, 2.24) is 9.62 Å². The second-order valence-corrected chi connectivity index (χ2v) is 5.48. The molecule has 0 radical (unpaired) electrons. The molecule has 0 amide bonds. The van der Waals surface area contributed by atoms with Crippen LogP contribution in [0.2, 0.25) is 0 Å². The van der Waals surface area contributed by atoms with Crippen molar-refractivity contribution in [3.8, 4) is 0 Å². The molecule has 0 fully saturated rings. The zero-order valence-corrected chi connectivity index (χ0v) is 10.9. The van der Waals surface area contributed by atoms with Crippen LogP contribution >= 0.6 is 11.6 Å². The molecular weight excluding hydrogens is 269 g/mol. The van der Waals surface area contributed by atoms with Crippen LogP contribution in [-0.4, -0.2) is 32.8 Å². The monoisotopic (exact) mass is 281 g/mol.